The SMILES string of the molecule is CN(Cc1cc(NC(=O)CNCCCOCCOCCN/C=C(\N)c2ccc(Nc3ncc4c(n3)-c3ccc(Cl)cc3C(c3c(F)cccc3F)=NC4)cc2)ccc1C=O)C1CCC(=O)NC1=O. The fourth-order valence-electron chi connectivity index (χ4n) is 7.64. The van der Waals surface area contributed by atoms with E-state index in [4.69, 9.17) is 31.8 Å². The van der Waals surface area contributed by atoms with Gasteiger partial charge >= 0.3 is 0 Å². The molecule has 3 heterocycles. The molecule has 7 rings (SSSR count). The number of piperidine rings is 1. The minimum absolute atomic E-state index is 0.0859. The van der Waals surface area contributed by atoms with Crippen LogP contribution in [0.2, 0.25) is 5.02 Å². The summed E-state index contributed by atoms with van der Waals surface area (Å²) < 4.78 is 41.1. The first-order chi connectivity index (χ1) is 33.0. The highest BCUT2D eigenvalue weighted by atomic mass is 35.5. The van der Waals surface area contributed by atoms with Gasteiger partial charge in [-0.3, -0.25) is 34.4 Å². The molecule has 0 saturated carbocycles. The number of fused-ring (bicyclic) bond motifs is 3. The predicted molar refractivity (Wildman–Crippen MR) is 255 cm³/mol. The Morgan fingerprint density at radius 3 is 2.49 bits per heavy atom. The molecule has 68 heavy (non-hydrogen) atoms. The second-order valence-corrected chi connectivity index (χ2v) is 16.4. The topological polar surface area (TPSA) is 214 Å². The number of likely N-dealkylation sites (N-methyl/N-ethyl adjacent to an activating group) is 1. The van der Waals surface area contributed by atoms with Gasteiger partial charge in [-0.25, -0.2) is 18.7 Å². The maximum absolute atomic E-state index is 14.9. The van der Waals surface area contributed by atoms with Crippen LogP contribution in [0.25, 0.3) is 17.0 Å². The number of ether oxygens (including phenoxy) is 2. The summed E-state index contributed by atoms with van der Waals surface area (Å²) in [5.41, 5.74) is 12.2. The summed E-state index contributed by atoms with van der Waals surface area (Å²) in [6.07, 6.45) is 5.43. The van der Waals surface area contributed by atoms with Gasteiger partial charge in [0.1, 0.15) is 17.9 Å². The largest absolute Gasteiger partial charge is 0.397 e. The number of carbonyl (C=O) groups excluding carboxylic acids is 4. The molecule has 354 valence electrons. The van der Waals surface area contributed by atoms with Crippen LogP contribution in [0.5, 0.6) is 0 Å². The third-order valence-electron chi connectivity index (χ3n) is 11.1. The molecule has 16 nitrogen and oxygen atoms in total. The standard InChI is InChI=1S/C49H51ClF2N10O6/c1-62(42-14-15-43(64)60-48(42)66)28-32-22-36(12-8-31(32)29-63)58-44(65)27-54-16-3-18-67-20-21-68-19-17-55-26-41(53)30-6-10-35(11-7-30)59-49-57-25-33-24-56-47(45-39(51)4-2-5-40(45)52)38-23-34(50)9-13-37(38)46(33)61-49/h2,4-13,22-23,25-26,29,42,54-55H,3,14-21,24,27-28,53H2,1H3,(H,58,65)(H,57,59,61)(H,60,64,66)/b41-26-. The number of aliphatic imine (C=N–C) groups is 1. The average molecular weight is 949 g/mol. The first kappa shape index (κ1) is 49.0. The summed E-state index contributed by atoms with van der Waals surface area (Å²) in [6, 6.07) is 20.7. The van der Waals surface area contributed by atoms with Crippen molar-refractivity contribution in [1.29, 1.82) is 0 Å². The molecule has 0 bridgehead atoms. The first-order valence-electron chi connectivity index (χ1n) is 22.0. The lowest BCUT2D eigenvalue weighted by Gasteiger charge is -2.30. The quantitative estimate of drug-likeness (QED) is 0.0279. The number of aldehydes is 1. The molecule has 5 aromatic rings. The number of halogens is 3. The fourth-order valence-corrected chi connectivity index (χ4v) is 7.81. The smallest absolute Gasteiger partial charge is 0.243 e. The number of anilines is 3. The Balaban J connectivity index is 0.764. The van der Waals surface area contributed by atoms with Crippen molar-refractivity contribution in [2.45, 2.75) is 38.4 Å². The molecule has 0 aliphatic carbocycles. The van der Waals surface area contributed by atoms with Crippen LogP contribution in [0.3, 0.4) is 0 Å². The second-order valence-electron chi connectivity index (χ2n) is 16.0. The molecule has 19 heteroatoms. The summed E-state index contributed by atoms with van der Waals surface area (Å²) >= 11 is 6.35. The molecule has 0 radical (unpaired) electrons. The van der Waals surface area contributed by atoms with E-state index in [0.29, 0.717) is 114 Å². The number of hydrogen-bond donors (Lipinski definition) is 6. The van der Waals surface area contributed by atoms with Crippen LogP contribution in [0, 0.1) is 11.6 Å². The van der Waals surface area contributed by atoms with Gasteiger partial charge in [-0.15, -0.1) is 0 Å². The molecule has 7 N–H and O–H groups in total. The molecular weight excluding hydrogens is 898 g/mol. The number of nitrogens with zero attached hydrogens (tertiary/aromatic N) is 4. The van der Waals surface area contributed by atoms with E-state index in [-0.39, 0.29) is 55.1 Å². The van der Waals surface area contributed by atoms with Gasteiger partial charge in [-0.2, -0.15) is 0 Å². The molecule has 2 aliphatic rings. The summed E-state index contributed by atoms with van der Waals surface area (Å²) in [7, 11) is 1.76. The van der Waals surface area contributed by atoms with Crippen LogP contribution in [-0.2, 0) is 36.9 Å². The highest BCUT2D eigenvalue weighted by Crippen LogP contribution is 2.35. The third-order valence-corrected chi connectivity index (χ3v) is 11.3. The van der Waals surface area contributed by atoms with Gasteiger partial charge in [0.25, 0.3) is 0 Å². The minimum Gasteiger partial charge on any atom is -0.397 e. The maximum atomic E-state index is 14.9. The van der Waals surface area contributed by atoms with E-state index >= 15 is 0 Å². The zero-order chi connectivity index (χ0) is 48.0. The zero-order valence-corrected chi connectivity index (χ0v) is 38.0. The lowest BCUT2D eigenvalue weighted by molar-refractivity contribution is -0.137. The van der Waals surface area contributed by atoms with Crippen LogP contribution in [0.15, 0.2) is 96.3 Å². The summed E-state index contributed by atoms with van der Waals surface area (Å²) in [6.45, 7) is 3.33. The van der Waals surface area contributed by atoms with Crippen molar-refractivity contribution >= 4 is 64.3 Å². The number of nitrogens with two attached hydrogens (primary N) is 1. The van der Waals surface area contributed by atoms with Crippen LogP contribution in [-0.4, -0.2) is 104 Å². The number of benzene rings is 4. The lowest BCUT2D eigenvalue weighted by atomic mass is 9.95. The number of carbonyl (C=O) groups is 4. The predicted octanol–water partition coefficient (Wildman–Crippen LogP) is 5.72. The molecule has 1 fully saturated rings. The monoisotopic (exact) mass is 948 g/mol. The highest BCUT2D eigenvalue weighted by Gasteiger charge is 2.30. The van der Waals surface area contributed by atoms with E-state index in [1.165, 1.54) is 18.2 Å². The number of hydrogen-bond acceptors (Lipinski definition) is 14. The lowest BCUT2D eigenvalue weighted by Crippen LogP contribution is -2.51. The van der Waals surface area contributed by atoms with Gasteiger partial charge in [0.05, 0.1) is 61.6 Å². The van der Waals surface area contributed by atoms with Crippen LogP contribution >= 0.6 is 11.6 Å². The van der Waals surface area contributed by atoms with Crippen molar-refractivity contribution in [1.82, 2.24) is 30.8 Å². The zero-order valence-electron chi connectivity index (χ0n) is 37.2. The van der Waals surface area contributed by atoms with Gasteiger partial charge in [0, 0.05) is 77.2 Å². The fraction of sp³-hybridized carbons (Fsp3) is 0.286. The molecule has 3 amide bonds. The van der Waals surface area contributed by atoms with Gasteiger partial charge in [-0.05, 0) is 92.2 Å². The Labute approximate surface area is 396 Å². The van der Waals surface area contributed by atoms with Gasteiger partial charge < -0.3 is 36.5 Å². The Morgan fingerprint density at radius 1 is 0.956 bits per heavy atom. The molecular formula is C49H51ClF2N10O6. The Morgan fingerprint density at radius 2 is 1.72 bits per heavy atom. The third kappa shape index (κ3) is 12.9. The average Bonchev–Trinajstić information content (AvgIpc) is 3.46. The van der Waals surface area contributed by atoms with Crippen LogP contribution in [0.4, 0.5) is 26.1 Å². The van der Waals surface area contributed by atoms with Crippen molar-refractivity contribution < 1.29 is 37.4 Å². The number of imide groups is 1. The van der Waals surface area contributed by atoms with E-state index in [1.54, 1.807) is 60.7 Å². The van der Waals surface area contributed by atoms with Crippen LogP contribution in [0.1, 0.15) is 57.4 Å². The summed E-state index contributed by atoms with van der Waals surface area (Å²) in [5.74, 6) is -2.04. The van der Waals surface area contributed by atoms with Crippen molar-refractivity contribution in [2.24, 2.45) is 10.7 Å². The number of amides is 3. The van der Waals surface area contributed by atoms with Gasteiger partial charge in [0.2, 0.25) is 23.7 Å². The van der Waals surface area contributed by atoms with E-state index in [9.17, 15) is 28.0 Å². The van der Waals surface area contributed by atoms with Crippen molar-refractivity contribution in [3.63, 3.8) is 0 Å². The Kier molecular flexibility index (Phi) is 17.0. The molecule has 1 unspecified atom stereocenters. The highest BCUT2D eigenvalue weighted by molar-refractivity contribution is 6.31. The first-order valence-corrected chi connectivity index (χ1v) is 22.3. The van der Waals surface area contributed by atoms with Crippen LogP contribution < -0.4 is 32.3 Å². The molecule has 1 atom stereocenters. The van der Waals surface area contributed by atoms with E-state index < -0.39 is 17.7 Å². The van der Waals surface area contributed by atoms with Crippen molar-refractivity contribution in [3.05, 3.63) is 141 Å². The Hall–Kier alpha value is -6.96. The summed E-state index contributed by atoms with van der Waals surface area (Å²) in [4.78, 5) is 63.7. The second kappa shape index (κ2) is 23.7. The molecule has 2 aliphatic heterocycles. The number of aromatic nitrogens is 2. The molecule has 0 spiro atoms. The maximum Gasteiger partial charge on any atom is 0.243 e. The van der Waals surface area contributed by atoms with Gasteiger partial charge in [0.15, 0.2) is 0 Å². The van der Waals surface area contributed by atoms with Crippen molar-refractivity contribution in [3.8, 4) is 11.3 Å². The van der Waals surface area contributed by atoms with E-state index in [1.807, 2.05) is 24.3 Å². The number of rotatable bonds is 22. The molecule has 4 aromatic carbocycles. The molecule has 1 aromatic heterocycles. The normalized spacial score (nSPS) is 14.6. The van der Waals surface area contributed by atoms with E-state index in [2.05, 4.69) is 36.6 Å². The van der Waals surface area contributed by atoms with Crippen molar-refractivity contribution in [2.75, 3.05) is 63.7 Å². The molecule has 1 saturated heterocycles. The van der Waals surface area contributed by atoms with E-state index in [0.717, 1.165) is 11.8 Å². The number of nitrogens with one attached hydrogen (secondary N) is 5. The minimum atomic E-state index is -0.728. The summed E-state index contributed by atoms with van der Waals surface area (Å²) in [5, 5.41) is 15.0. The van der Waals surface area contributed by atoms with Gasteiger partial charge in [-0.1, -0.05) is 35.9 Å². The Bertz CT molecular complexity index is 2680.